The Morgan fingerprint density at radius 2 is 1.45 bits per heavy atom. The number of methoxy groups -OCH3 is 1. The second kappa shape index (κ2) is 9.50. The minimum atomic E-state index is -3.51. The normalized spacial score (nSPS) is 11.4. The lowest BCUT2D eigenvalue weighted by Crippen LogP contribution is -2.12. The Hall–Kier alpha value is -0.890. The number of esters is 1. The fraction of sp³-hybridized carbons (Fsp3) is 0.278. The molecule has 0 atom stereocenters. The number of halogens is 5. The predicted molar refractivity (Wildman–Crippen MR) is 116 cm³/mol. The summed E-state index contributed by atoms with van der Waals surface area (Å²) in [6.45, 7) is 1.41. The summed E-state index contributed by atoms with van der Waals surface area (Å²) in [5.41, 5.74) is 0.608. The van der Waals surface area contributed by atoms with Gasteiger partial charge in [-0.2, -0.15) is 0 Å². The lowest BCUT2D eigenvalue weighted by molar-refractivity contribution is 0.0469. The van der Waals surface area contributed by atoms with Crippen LogP contribution >= 0.6 is 58.0 Å². The number of carbonyl (C=O) groups excluding carboxylic acids is 1. The van der Waals surface area contributed by atoms with E-state index in [0.29, 0.717) is 12.0 Å². The van der Waals surface area contributed by atoms with Gasteiger partial charge in [-0.1, -0.05) is 64.9 Å². The number of benzene rings is 2. The van der Waals surface area contributed by atoms with Gasteiger partial charge in [-0.3, -0.25) is 0 Å². The molecule has 0 bridgehead atoms. The Morgan fingerprint density at radius 1 is 0.931 bits per heavy atom. The van der Waals surface area contributed by atoms with Gasteiger partial charge in [-0.25, -0.2) is 13.2 Å². The number of carbonyl (C=O) groups is 1. The molecule has 0 radical (unpaired) electrons. The van der Waals surface area contributed by atoms with Crippen LogP contribution in [0.3, 0.4) is 0 Å². The van der Waals surface area contributed by atoms with Crippen molar-refractivity contribution in [3.05, 3.63) is 53.9 Å². The number of hydrogen-bond donors (Lipinski definition) is 0. The van der Waals surface area contributed by atoms with Gasteiger partial charge in [0.2, 0.25) is 0 Å². The van der Waals surface area contributed by atoms with E-state index in [1.54, 1.807) is 6.92 Å². The lowest BCUT2D eigenvalue weighted by atomic mass is 10.1. The van der Waals surface area contributed by atoms with E-state index in [1.807, 2.05) is 0 Å². The molecule has 11 heteroatoms. The lowest BCUT2D eigenvalue weighted by Gasteiger charge is -2.16. The van der Waals surface area contributed by atoms with E-state index < -0.39 is 15.8 Å². The van der Waals surface area contributed by atoms with Gasteiger partial charge in [0.25, 0.3) is 0 Å². The molecule has 2 rings (SSSR count). The van der Waals surface area contributed by atoms with Gasteiger partial charge in [-0.05, 0) is 18.6 Å². The Kier molecular flexibility index (Phi) is 7.99. The second-order valence-corrected chi connectivity index (χ2v) is 9.75. The molecule has 0 aliphatic carbocycles. The minimum absolute atomic E-state index is 0.00695. The number of sulfone groups is 1. The predicted octanol–water partition coefficient (Wildman–Crippen LogP) is 6.29. The van der Waals surface area contributed by atoms with Crippen LogP contribution in [0.4, 0.5) is 0 Å². The van der Waals surface area contributed by atoms with E-state index in [4.69, 9.17) is 67.5 Å². The fourth-order valence-corrected chi connectivity index (χ4v) is 4.96. The monoisotopic (exact) mass is 518 g/mol. The smallest absolute Gasteiger partial charge is 0.342 e. The quantitative estimate of drug-likeness (QED) is 0.255. The number of ether oxygens (including phenoxy) is 2. The van der Waals surface area contributed by atoms with Crippen molar-refractivity contribution in [1.82, 2.24) is 0 Å². The summed E-state index contributed by atoms with van der Waals surface area (Å²) in [5.74, 6) is -0.657. The van der Waals surface area contributed by atoms with Crippen LogP contribution in [0.2, 0.25) is 25.1 Å². The molecule has 0 unspecified atom stereocenters. The van der Waals surface area contributed by atoms with E-state index in [-0.39, 0.29) is 53.5 Å². The van der Waals surface area contributed by atoms with Gasteiger partial charge in [0.1, 0.15) is 17.9 Å². The molecule has 29 heavy (non-hydrogen) atoms. The summed E-state index contributed by atoms with van der Waals surface area (Å²) >= 11 is 30.2. The Morgan fingerprint density at radius 3 is 1.90 bits per heavy atom. The van der Waals surface area contributed by atoms with Crippen LogP contribution < -0.4 is 4.74 Å². The summed E-state index contributed by atoms with van der Waals surface area (Å²) < 4.78 is 34.6. The van der Waals surface area contributed by atoms with Crippen LogP contribution in [0.25, 0.3) is 0 Å². The van der Waals surface area contributed by atoms with Crippen molar-refractivity contribution in [3.8, 4) is 5.75 Å². The van der Waals surface area contributed by atoms with Crippen molar-refractivity contribution in [2.45, 2.75) is 24.8 Å². The first-order chi connectivity index (χ1) is 13.4. The van der Waals surface area contributed by atoms with Crippen LogP contribution in [-0.2, 0) is 27.6 Å². The molecule has 0 fully saturated rings. The van der Waals surface area contributed by atoms with Gasteiger partial charge in [0.05, 0.1) is 37.1 Å². The molecule has 2 aromatic carbocycles. The maximum atomic E-state index is 12.7. The molecular weight excluding hydrogens is 506 g/mol. The average molecular weight is 521 g/mol. The molecule has 0 aliphatic rings. The van der Waals surface area contributed by atoms with Gasteiger partial charge in [0.15, 0.2) is 9.84 Å². The third kappa shape index (κ3) is 4.89. The largest absolute Gasteiger partial charge is 0.496 e. The fourth-order valence-electron chi connectivity index (χ4n) is 2.68. The first-order valence-electron chi connectivity index (χ1n) is 8.02. The molecule has 0 aliphatic heterocycles. The summed E-state index contributed by atoms with van der Waals surface area (Å²) in [6, 6.07) is 2.66. The van der Waals surface area contributed by atoms with Crippen molar-refractivity contribution in [2.24, 2.45) is 0 Å². The van der Waals surface area contributed by atoms with E-state index in [0.717, 1.165) is 6.26 Å². The molecule has 0 saturated heterocycles. The van der Waals surface area contributed by atoms with Crippen LogP contribution in [0.1, 0.15) is 28.4 Å². The van der Waals surface area contributed by atoms with Crippen molar-refractivity contribution < 1.29 is 22.7 Å². The first kappa shape index (κ1) is 24.4. The van der Waals surface area contributed by atoms with Crippen LogP contribution in [0.5, 0.6) is 5.75 Å². The summed E-state index contributed by atoms with van der Waals surface area (Å²) in [6.07, 6.45) is 1.41. The van der Waals surface area contributed by atoms with Crippen LogP contribution in [0, 0.1) is 0 Å². The van der Waals surface area contributed by atoms with Gasteiger partial charge in [0, 0.05) is 17.4 Å². The molecule has 158 valence electrons. The van der Waals surface area contributed by atoms with Crippen molar-refractivity contribution >= 4 is 73.8 Å². The maximum Gasteiger partial charge on any atom is 0.342 e. The summed E-state index contributed by atoms with van der Waals surface area (Å²) in [7, 11) is -2.17. The zero-order chi connectivity index (χ0) is 22.1. The SMILES string of the molecule is CCc1c(S(C)(=O)=O)ccc(C(=O)OCc2c(Cl)c(Cl)c(Cl)c(Cl)c2Cl)c1OC. The molecule has 0 N–H and O–H groups in total. The van der Waals surface area contributed by atoms with Crippen molar-refractivity contribution in [1.29, 1.82) is 0 Å². The van der Waals surface area contributed by atoms with E-state index in [9.17, 15) is 13.2 Å². The minimum Gasteiger partial charge on any atom is -0.496 e. The highest BCUT2D eigenvalue weighted by Gasteiger charge is 2.25. The highest BCUT2D eigenvalue weighted by atomic mass is 35.5. The summed E-state index contributed by atoms with van der Waals surface area (Å²) in [4.78, 5) is 12.7. The Bertz CT molecular complexity index is 1050. The Labute approximate surface area is 193 Å². The molecule has 0 saturated carbocycles. The molecule has 0 amide bonds. The topological polar surface area (TPSA) is 69.7 Å². The van der Waals surface area contributed by atoms with Gasteiger partial charge in [-0.15, -0.1) is 0 Å². The third-order valence-electron chi connectivity index (χ3n) is 4.04. The van der Waals surface area contributed by atoms with E-state index in [1.165, 1.54) is 19.2 Å². The summed E-state index contributed by atoms with van der Waals surface area (Å²) in [5, 5.41) is -0.0293. The molecular formula is C18H15Cl5O5S. The van der Waals surface area contributed by atoms with Crippen LogP contribution in [-0.4, -0.2) is 27.8 Å². The number of hydrogen-bond acceptors (Lipinski definition) is 5. The molecule has 0 aromatic heterocycles. The standard InChI is InChI=1S/C18H15Cl5O5S/c1-4-8-11(29(3,25)26)6-5-9(17(8)27-2)18(24)28-7-10-12(19)14(21)16(23)15(22)13(10)20/h5-6H,4,7H2,1-3H3. The molecule has 0 spiro atoms. The first-order valence-corrected chi connectivity index (χ1v) is 11.8. The van der Waals surface area contributed by atoms with E-state index >= 15 is 0 Å². The van der Waals surface area contributed by atoms with Gasteiger partial charge < -0.3 is 9.47 Å². The zero-order valence-corrected chi connectivity index (χ0v) is 20.0. The molecule has 5 nitrogen and oxygen atoms in total. The highest BCUT2D eigenvalue weighted by molar-refractivity contribution is 7.90. The Balaban J connectivity index is 2.43. The number of rotatable bonds is 6. The maximum absolute atomic E-state index is 12.7. The average Bonchev–Trinajstić information content (AvgIpc) is 2.68. The zero-order valence-electron chi connectivity index (χ0n) is 15.4. The van der Waals surface area contributed by atoms with Crippen molar-refractivity contribution in [3.63, 3.8) is 0 Å². The van der Waals surface area contributed by atoms with E-state index in [2.05, 4.69) is 0 Å². The highest BCUT2D eigenvalue weighted by Crippen LogP contribution is 2.44. The van der Waals surface area contributed by atoms with Crippen LogP contribution in [0.15, 0.2) is 17.0 Å². The molecule has 0 heterocycles. The molecule has 2 aromatic rings. The van der Waals surface area contributed by atoms with Gasteiger partial charge >= 0.3 is 5.97 Å². The van der Waals surface area contributed by atoms with Crippen molar-refractivity contribution in [2.75, 3.05) is 13.4 Å². The third-order valence-corrected chi connectivity index (χ3v) is 7.58. The second-order valence-electron chi connectivity index (χ2n) is 5.87.